The van der Waals surface area contributed by atoms with Crippen molar-refractivity contribution >= 4 is 27.6 Å². The first-order chi connectivity index (χ1) is 12.6. The molecule has 1 amide bonds. The van der Waals surface area contributed by atoms with Crippen LogP contribution in [0.2, 0.25) is 0 Å². The molecule has 0 aliphatic carbocycles. The van der Waals surface area contributed by atoms with Gasteiger partial charge in [0.2, 0.25) is 10.0 Å². The number of benzene rings is 1. The van der Waals surface area contributed by atoms with Crippen LogP contribution in [0, 0.1) is 0 Å². The Hall–Kier alpha value is -2.17. The standard InChI is InChI=1S/C17H25N3O6S/c1-18(2)27(24,25)13-4-5-15(20-8-10-26-11-9-20)14(12-13)17(23)19(3)7-6-16(21)22/h4-5,12H,6-11H2,1-3H3,(H,21,22). The highest BCUT2D eigenvalue weighted by Crippen LogP contribution is 2.27. The van der Waals surface area contributed by atoms with Gasteiger partial charge in [0.25, 0.3) is 5.91 Å². The summed E-state index contributed by atoms with van der Waals surface area (Å²) in [4.78, 5) is 27.0. The minimum Gasteiger partial charge on any atom is -0.481 e. The molecule has 9 nitrogen and oxygen atoms in total. The Morgan fingerprint density at radius 2 is 1.81 bits per heavy atom. The number of carbonyl (C=O) groups excluding carboxylic acids is 1. The quantitative estimate of drug-likeness (QED) is 0.703. The first-order valence-corrected chi connectivity index (χ1v) is 9.95. The van der Waals surface area contributed by atoms with Gasteiger partial charge in [-0.2, -0.15) is 0 Å². The fourth-order valence-corrected chi connectivity index (χ4v) is 3.64. The Labute approximate surface area is 159 Å². The smallest absolute Gasteiger partial charge is 0.305 e. The lowest BCUT2D eigenvalue weighted by Crippen LogP contribution is -2.38. The number of hydrogen-bond acceptors (Lipinski definition) is 6. The predicted molar refractivity (Wildman–Crippen MR) is 99.6 cm³/mol. The van der Waals surface area contributed by atoms with Gasteiger partial charge < -0.3 is 19.6 Å². The van der Waals surface area contributed by atoms with Gasteiger partial charge in [0, 0.05) is 46.5 Å². The van der Waals surface area contributed by atoms with Gasteiger partial charge in [-0.25, -0.2) is 12.7 Å². The molecular formula is C17H25N3O6S. The van der Waals surface area contributed by atoms with Crippen molar-refractivity contribution in [3.63, 3.8) is 0 Å². The third-order valence-electron chi connectivity index (χ3n) is 4.34. The van der Waals surface area contributed by atoms with Crippen LogP contribution in [0.25, 0.3) is 0 Å². The van der Waals surface area contributed by atoms with Crippen molar-refractivity contribution in [3.8, 4) is 0 Å². The summed E-state index contributed by atoms with van der Waals surface area (Å²) in [7, 11) is 0.640. The Bertz CT molecular complexity index is 803. The number of sulfonamides is 1. The van der Waals surface area contributed by atoms with Crippen LogP contribution in [-0.4, -0.2) is 88.6 Å². The number of anilines is 1. The molecule has 0 saturated carbocycles. The van der Waals surface area contributed by atoms with E-state index in [1.54, 1.807) is 6.07 Å². The summed E-state index contributed by atoms with van der Waals surface area (Å²) < 4.78 is 31.4. The van der Waals surface area contributed by atoms with Crippen molar-refractivity contribution in [1.82, 2.24) is 9.21 Å². The van der Waals surface area contributed by atoms with Crippen molar-refractivity contribution in [2.45, 2.75) is 11.3 Å². The van der Waals surface area contributed by atoms with Crippen LogP contribution in [0.5, 0.6) is 0 Å². The van der Waals surface area contributed by atoms with Crippen molar-refractivity contribution in [2.75, 3.05) is 58.9 Å². The van der Waals surface area contributed by atoms with Crippen molar-refractivity contribution in [2.24, 2.45) is 0 Å². The van der Waals surface area contributed by atoms with E-state index in [4.69, 9.17) is 9.84 Å². The average molecular weight is 399 g/mol. The van der Waals surface area contributed by atoms with E-state index in [2.05, 4.69) is 0 Å². The maximum atomic E-state index is 12.9. The normalized spacial score (nSPS) is 15.0. The van der Waals surface area contributed by atoms with Crippen molar-refractivity contribution < 1.29 is 27.9 Å². The van der Waals surface area contributed by atoms with Crippen molar-refractivity contribution in [3.05, 3.63) is 23.8 Å². The average Bonchev–Trinajstić information content (AvgIpc) is 2.65. The van der Waals surface area contributed by atoms with Crippen molar-refractivity contribution in [1.29, 1.82) is 0 Å². The molecule has 1 aromatic rings. The number of carbonyl (C=O) groups is 2. The van der Waals surface area contributed by atoms with Crippen LogP contribution < -0.4 is 4.90 Å². The lowest BCUT2D eigenvalue weighted by Gasteiger charge is -2.31. The number of ether oxygens (including phenoxy) is 1. The van der Waals surface area contributed by atoms with Crippen LogP contribution in [0.4, 0.5) is 5.69 Å². The summed E-state index contributed by atoms with van der Waals surface area (Å²) in [5.41, 5.74) is 0.843. The second-order valence-electron chi connectivity index (χ2n) is 6.44. The fraction of sp³-hybridized carbons (Fsp3) is 0.529. The predicted octanol–water partition coefficient (Wildman–Crippen LogP) is 0.320. The zero-order valence-electron chi connectivity index (χ0n) is 15.7. The molecule has 1 aliphatic rings. The molecule has 1 aliphatic heterocycles. The van der Waals surface area contributed by atoms with Crippen LogP contribution in [0.3, 0.4) is 0 Å². The molecule has 0 radical (unpaired) electrons. The van der Waals surface area contributed by atoms with Gasteiger partial charge in [-0.1, -0.05) is 0 Å². The van der Waals surface area contributed by atoms with Gasteiger partial charge in [0.15, 0.2) is 0 Å². The molecule has 1 fully saturated rings. The molecule has 27 heavy (non-hydrogen) atoms. The van der Waals surface area contributed by atoms with Gasteiger partial charge in [-0.15, -0.1) is 0 Å². The molecule has 0 bridgehead atoms. The lowest BCUT2D eigenvalue weighted by molar-refractivity contribution is -0.137. The SMILES string of the molecule is CN(CCC(=O)O)C(=O)c1cc(S(=O)(=O)N(C)C)ccc1N1CCOCC1. The second-order valence-corrected chi connectivity index (χ2v) is 8.59. The second kappa shape index (κ2) is 8.68. The Morgan fingerprint density at radius 1 is 1.19 bits per heavy atom. The third kappa shape index (κ3) is 4.96. The van der Waals surface area contributed by atoms with E-state index in [1.165, 1.54) is 38.2 Å². The molecule has 0 spiro atoms. The lowest BCUT2D eigenvalue weighted by atomic mass is 10.1. The van der Waals surface area contributed by atoms with Crippen LogP contribution in [-0.2, 0) is 19.6 Å². The van der Waals surface area contributed by atoms with E-state index < -0.39 is 21.9 Å². The number of morpholine rings is 1. The van der Waals surface area contributed by atoms with E-state index in [0.717, 1.165) is 4.31 Å². The highest BCUT2D eigenvalue weighted by Gasteiger charge is 2.25. The summed E-state index contributed by atoms with van der Waals surface area (Å²) in [5, 5.41) is 8.84. The molecular weight excluding hydrogens is 374 g/mol. The Morgan fingerprint density at radius 3 is 2.37 bits per heavy atom. The molecule has 1 heterocycles. The van der Waals surface area contributed by atoms with Gasteiger partial charge >= 0.3 is 5.97 Å². The number of aliphatic carboxylic acids is 1. The van der Waals surface area contributed by atoms with Gasteiger partial charge in [0.05, 0.1) is 30.1 Å². The fourth-order valence-electron chi connectivity index (χ4n) is 2.71. The van der Waals surface area contributed by atoms with E-state index in [-0.39, 0.29) is 23.4 Å². The number of carboxylic acids is 1. The molecule has 10 heteroatoms. The Kier molecular flexibility index (Phi) is 6.79. The van der Waals surface area contributed by atoms with E-state index in [1.807, 2.05) is 4.90 Å². The summed E-state index contributed by atoms with van der Waals surface area (Å²) in [6.07, 6.45) is -0.190. The molecule has 150 valence electrons. The minimum absolute atomic E-state index is 0.0134. The largest absolute Gasteiger partial charge is 0.481 e. The maximum Gasteiger partial charge on any atom is 0.305 e. The van der Waals surface area contributed by atoms with E-state index in [9.17, 15) is 18.0 Å². The number of hydrogen-bond donors (Lipinski definition) is 1. The third-order valence-corrected chi connectivity index (χ3v) is 6.15. The molecule has 2 rings (SSSR count). The number of amides is 1. The van der Waals surface area contributed by atoms with Crippen LogP contribution >= 0.6 is 0 Å². The van der Waals surface area contributed by atoms with E-state index in [0.29, 0.717) is 32.0 Å². The highest BCUT2D eigenvalue weighted by atomic mass is 32.2. The summed E-state index contributed by atoms with van der Waals surface area (Å²) in [6.45, 7) is 2.22. The minimum atomic E-state index is -3.71. The van der Waals surface area contributed by atoms with Gasteiger partial charge in [0.1, 0.15) is 0 Å². The summed E-state index contributed by atoms with van der Waals surface area (Å²) in [6, 6.07) is 4.47. The zero-order valence-corrected chi connectivity index (χ0v) is 16.5. The number of carboxylic acid groups (broad SMARTS) is 1. The maximum absolute atomic E-state index is 12.9. The first kappa shape index (κ1) is 21.1. The molecule has 0 unspecified atom stereocenters. The van der Waals surface area contributed by atoms with E-state index >= 15 is 0 Å². The van der Waals surface area contributed by atoms with Gasteiger partial charge in [-0.3, -0.25) is 9.59 Å². The van der Waals surface area contributed by atoms with Gasteiger partial charge in [-0.05, 0) is 18.2 Å². The highest BCUT2D eigenvalue weighted by molar-refractivity contribution is 7.89. The molecule has 0 atom stereocenters. The van der Waals surface area contributed by atoms with Crippen LogP contribution in [0.15, 0.2) is 23.1 Å². The molecule has 1 N–H and O–H groups in total. The molecule has 0 aromatic heterocycles. The topological polar surface area (TPSA) is 107 Å². The molecule has 1 saturated heterocycles. The number of rotatable bonds is 7. The molecule has 1 aromatic carbocycles. The monoisotopic (exact) mass is 399 g/mol. The zero-order chi connectivity index (χ0) is 20.2. The van der Waals surface area contributed by atoms with Crippen LogP contribution in [0.1, 0.15) is 16.8 Å². The first-order valence-electron chi connectivity index (χ1n) is 8.51. The summed E-state index contributed by atoms with van der Waals surface area (Å²) in [5.74, 6) is -1.43. The number of nitrogens with zero attached hydrogens (tertiary/aromatic N) is 3. The summed E-state index contributed by atoms with van der Waals surface area (Å²) >= 11 is 0. The Balaban J connectivity index is 2.45.